The van der Waals surface area contributed by atoms with Crippen LogP contribution in [0.2, 0.25) is 0 Å². The quantitative estimate of drug-likeness (QED) is 0.723. The number of hydrogen-bond acceptors (Lipinski definition) is 3. The average Bonchev–Trinajstić information content (AvgIpc) is 2.81. The van der Waals surface area contributed by atoms with Gasteiger partial charge in [-0.1, -0.05) is 26.2 Å². The van der Waals surface area contributed by atoms with E-state index >= 15 is 0 Å². The summed E-state index contributed by atoms with van der Waals surface area (Å²) < 4.78 is 18.9. The summed E-state index contributed by atoms with van der Waals surface area (Å²) in [5, 5.41) is 4.05. The van der Waals surface area contributed by atoms with Crippen LogP contribution in [0.3, 0.4) is 0 Å². The lowest BCUT2D eigenvalue weighted by Crippen LogP contribution is -2.02. The first-order valence-corrected chi connectivity index (χ1v) is 5.55. The summed E-state index contributed by atoms with van der Waals surface area (Å²) >= 11 is 4.51. The summed E-state index contributed by atoms with van der Waals surface area (Å²) in [4.78, 5) is 0. The van der Waals surface area contributed by atoms with E-state index < -0.39 is 0 Å². The van der Waals surface area contributed by atoms with Gasteiger partial charge in [0.1, 0.15) is 5.83 Å². The van der Waals surface area contributed by atoms with Crippen molar-refractivity contribution < 1.29 is 4.39 Å². The third-order valence-corrected chi connectivity index (χ3v) is 2.51. The van der Waals surface area contributed by atoms with Gasteiger partial charge in [-0.15, -0.1) is 0 Å². The largest absolute Gasteiger partial charge is 0.266 e. The molecule has 1 aromatic rings. The smallest absolute Gasteiger partial charge is 0.187 e. The van der Waals surface area contributed by atoms with Gasteiger partial charge in [0.15, 0.2) is 5.82 Å². The predicted molar refractivity (Wildman–Crippen MR) is 69.4 cm³/mol. The number of hydrogen-bond donors (Lipinski definition) is 0. The van der Waals surface area contributed by atoms with Gasteiger partial charge in [0, 0.05) is 30.3 Å². The molecule has 0 radical (unpaired) electrons. The summed E-state index contributed by atoms with van der Waals surface area (Å²) in [6.07, 6.45) is 3.73. The van der Waals surface area contributed by atoms with Gasteiger partial charge in [-0.25, -0.2) is 4.39 Å². The van der Waals surface area contributed by atoms with E-state index in [2.05, 4.69) is 35.0 Å². The van der Waals surface area contributed by atoms with Crippen molar-refractivity contribution in [2.24, 2.45) is 4.36 Å². The van der Waals surface area contributed by atoms with Crippen molar-refractivity contribution in [1.29, 1.82) is 0 Å². The van der Waals surface area contributed by atoms with Gasteiger partial charge in [-0.3, -0.25) is 4.68 Å². The first-order chi connectivity index (χ1) is 8.12. The Labute approximate surface area is 106 Å². The van der Waals surface area contributed by atoms with Crippen LogP contribution in [-0.2, 0) is 19.0 Å². The van der Waals surface area contributed by atoms with Gasteiger partial charge in [0.2, 0.25) is 0 Å². The van der Waals surface area contributed by atoms with Crippen molar-refractivity contribution in [2.45, 2.75) is 19.9 Å². The Balaban J connectivity index is 2.93. The highest BCUT2D eigenvalue weighted by molar-refractivity contribution is 7.47. The van der Waals surface area contributed by atoms with Gasteiger partial charge in [-0.2, -0.15) is 9.46 Å². The van der Waals surface area contributed by atoms with E-state index in [1.54, 1.807) is 16.9 Å². The van der Waals surface area contributed by atoms with Crippen molar-refractivity contribution in [3.8, 4) is 0 Å². The SMILES string of the molecule is C=CC(Cn1ccc(N=S)n1)=C(F)C(=C)CC. The van der Waals surface area contributed by atoms with E-state index in [0.29, 0.717) is 29.9 Å². The molecule has 0 aliphatic heterocycles. The van der Waals surface area contributed by atoms with Crippen molar-refractivity contribution in [1.82, 2.24) is 9.78 Å². The molecule has 5 heteroatoms. The lowest BCUT2D eigenvalue weighted by Gasteiger charge is -2.06. The van der Waals surface area contributed by atoms with Gasteiger partial charge >= 0.3 is 0 Å². The van der Waals surface area contributed by atoms with Crippen LogP contribution in [-0.4, -0.2) is 9.78 Å². The molecule has 0 bridgehead atoms. The van der Waals surface area contributed by atoms with Crippen molar-refractivity contribution in [3.63, 3.8) is 0 Å². The van der Waals surface area contributed by atoms with Crippen LogP contribution in [0.4, 0.5) is 10.2 Å². The zero-order valence-electron chi connectivity index (χ0n) is 9.69. The molecule has 0 fully saturated rings. The minimum atomic E-state index is -0.324. The predicted octanol–water partition coefficient (Wildman–Crippen LogP) is 3.62. The van der Waals surface area contributed by atoms with Crippen LogP contribution in [0.5, 0.6) is 0 Å². The molecule has 1 aromatic heterocycles. The Kier molecular flexibility index (Phi) is 4.90. The van der Waals surface area contributed by atoms with E-state index in [1.165, 1.54) is 6.08 Å². The molecule has 0 amide bonds. The number of aromatic nitrogens is 2. The standard InChI is InChI=1S/C12H14FN3S/c1-4-9(3)12(13)10(5-2)8-16-7-6-11(14-16)15-17/h5-7H,2-4,8H2,1H3. The molecule has 0 saturated carbocycles. The molecule has 0 unspecified atom stereocenters. The summed E-state index contributed by atoms with van der Waals surface area (Å²) in [7, 11) is 0. The number of rotatable bonds is 6. The molecular formula is C12H14FN3S. The Morgan fingerprint density at radius 2 is 2.41 bits per heavy atom. The zero-order chi connectivity index (χ0) is 12.8. The highest BCUT2D eigenvalue weighted by Gasteiger charge is 2.07. The molecule has 1 heterocycles. The molecule has 0 aliphatic rings. The van der Waals surface area contributed by atoms with Crippen LogP contribution in [0.15, 0.2) is 52.8 Å². The minimum Gasteiger partial charge on any atom is -0.266 e. The molecule has 0 saturated heterocycles. The third-order valence-electron chi connectivity index (χ3n) is 2.32. The van der Waals surface area contributed by atoms with Crippen LogP contribution in [0.25, 0.3) is 0 Å². The maximum Gasteiger partial charge on any atom is 0.187 e. The second-order valence-electron chi connectivity index (χ2n) is 3.46. The van der Waals surface area contributed by atoms with Crippen molar-refractivity contribution >= 4 is 18.2 Å². The van der Waals surface area contributed by atoms with E-state index in [9.17, 15) is 4.39 Å². The fraction of sp³-hybridized carbons (Fsp3) is 0.250. The van der Waals surface area contributed by atoms with Gasteiger partial charge in [-0.05, 0) is 12.0 Å². The monoisotopic (exact) mass is 251 g/mol. The molecule has 0 aromatic carbocycles. The second kappa shape index (κ2) is 6.20. The fourth-order valence-electron chi connectivity index (χ4n) is 1.27. The Morgan fingerprint density at radius 1 is 1.71 bits per heavy atom. The molecule has 0 spiro atoms. The number of nitrogens with zero attached hydrogens (tertiary/aromatic N) is 3. The molecule has 3 nitrogen and oxygen atoms in total. The first kappa shape index (κ1) is 13.4. The van der Waals surface area contributed by atoms with Crippen LogP contribution in [0.1, 0.15) is 13.3 Å². The summed E-state index contributed by atoms with van der Waals surface area (Å²) in [6, 6.07) is 1.67. The maximum atomic E-state index is 13.9. The Bertz CT molecular complexity index is 474. The minimum absolute atomic E-state index is 0.291. The van der Waals surface area contributed by atoms with Crippen molar-refractivity contribution in [2.75, 3.05) is 0 Å². The molecule has 0 aliphatic carbocycles. The van der Waals surface area contributed by atoms with E-state index in [4.69, 9.17) is 0 Å². The molecule has 0 atom stereocenters. The zero-order valence-corrected chi connectivity index (χ0v) is 10.5. The lowest BCUT2D eigenvalue weighted by molar-refractivity contribution is 0.604. The van der Waals surface area contributed by atoms with E-state index in [-0.39, 0.29) is 5.83 Å². The fourth-order valence-corrected chi connectivity index (χ4v) is 1.37. The van der Waals surface area contributed by atoms with E-state index in [0.717, 1.165) is 0 Å². The van der Waals surface area contributed by atoms with Crippen LogP contribution >= 0.6 is 0 Å². The van der Waals surface area contributed by atoms with Crippen LogP contribution < -0.4 is 0 Å². The highest BCUT2D eigenvalue weighted by Crippen LogP contribution is 2.20. The Hall–Kier alpha value is -1.62. The van der Waals surface area contributed by atoms with Gasteiger partial charge < -0.3 is 0 Å². The molecule has 1 rings (SSSR count). The summed E-state index contributed by atoms with van der Waals surface area (Å²) in [5.41, 5.74) is 0.913. The third kappa shape index (κ3) is 3.42. The first-order valence-electron chi connectivity index (χ1n) is 5.18. The lowest BCUT2D eigenvalue weighted by atomic mass is 10.1. The number of halogens is 1. The average molecular weight is 251 g/mol. The molecule has 17 heavy (non-hydrogen) atoms. The highest BCUT2D eigenvalue weighted by atomic mass is 32.1. The van der Waals surface area contributed by atoms with Crippen molar-refractivity contribution in [3.05, 3.63) is 48.5 Å². The molecule has 90 valence electrons. The topological polar surface area (TPSA) is 30.2 Å². The summed E-state index contributed by atoms with van der Waals surface area (Å²) in [5.74, 6) is 0.119. The Morgan fingerprint density at radius 3 is 2.88 bits per heavy atom. The maximum absolute atomic E-state index is 13.9. The van der Waals surface area contributed by atoms with Crippen LogP contribution in [0, 0.1) is 0 Å². The molecule has 0 N–H and O–H groups in total. The summed E-state index contributed by atoms with van der Waals surface area (Å²) in [6.45, 7) is 9.40. The molecular weight excluding hydrogens is 237 g/mol. The number of allylic oxidation sites excluding steroid dienone is 4. The van der Waals surface area contributed by atoms with Gasteiger partial charge in [0.25, 0.3) is 0 Å². The van der Waals surface area contributed by atoms with E-state index in [1.807, 2.05) is 6.92 Å². The normalized spacial score (nSPS) is 11.9. The van der Waals surface area contributed by atoms with Gasteiger partial charge in [0.05, 0.1) is 6.54 Å². The second-order valence-corrected chi connectivity index (χ2v) is 3.65.